The van der Waals surface area contributed by atoms with Gasteiger partial charge in [-0.1, -0.05) is 31.9 Å². The Morgan fingerprint density at radius 1 is 1.05 bits per heavy atom. The zero-order valence-electron chi connectivity index (χ0n) is 25.9. The van der Waals surface area contributed by atoms with Crippen LogP contribution in [0.5, 0.6) is 5.75 Å². The van der Waals surface area contributed by atoms with E-state index in [9.17, 15) is 14.4 Å². The first-order valence-electron chi connectivity index (χ1n) is 14.1. The van der Waals surface area contributed by atoms with Crippen molar-refractivity contribution in [2.45, 2.75) is 72.3 Å². The quantitative estimate of drug-likeness (QED) is 0.425. The van der Waals surface area contributed by atoms with Gasteiger partial charge in [0.25, 0.3) is 11.8 Å². The van der Waals surface area contributed by atoms with Crippen LogP contribution in [-0.4, -0.2) is 53.4 Å². The Morgan fingerprint density at radius 2 is 1.74 bits per heavy atom. The molecule has 0 spiro atoms. The molecule has 1 N–H and O–H groups in total. The first-order valence-corrected chi connectivity index (χ1v) is 15.4. The molecule has 0 bridgehead atoms. The standard InChI is InChI=1S/C33H39N3O5S/c1-17-10-12-20(34-29(17)30(38)35-42-9)19-11-13-22(40-8)25(18(19)2)28-26-21(37)14-32(3,4)15-23(26)41-24-16-33(5,6)36(7)31(39)27(24)28/h10-13,28H,14-16H2,1-9H3,(H,35,38)/t28-/m0/s1. The molecule has 0 saturated heterocycles. The number of Topliss-reactive ketones (excluding diaryl/α,β-unsaturated/α-hetero) is 1. The number of carbonyl (C=O) groups excluding carboxylic acids is 3. The summed E-state index contributed by atoms with van der Waals surface area (Å²) < 4.78 is 15.2. The van der Waals surface area contributed by atoms with E-state index in [4.69, 9.17) is 14.5 Å². The van der Waals surface area contributed by atoms with Crippen LogP contribution in [0, 0.1) is 19.3 Å². The molecule has 0 saturated carbocycles. The predicted octanol–water partition coefficient (Wildman–Crippen LogP) is 6.03. The summed E-state index contributed by atoms with van der Waals surface area (Å²) in [6.07, 6.45) is 3.27. The van der Waals surface area contributed by atoms with Gasteiger partial charge in [-0.2, -0.15) is 0 Å². The molecule has 8 nitrogen and oxygen atoms in total. The molecule has 3 aliphatic rings. The summed E-state index contributed by atoms with van der Waals surface area (Å²) in [7, 11) is 3.40. The minimum absolute atomic E-state index is 0.0190. The fourth-order valence-corrected chi connectivity index (χ4v) is 6.68. The number of pyridine rings is 1. The van der Waals surface area contributed by atoms with Crippen molar-refractivity contribution in [3.8, 4) is 17.0 Å². The number of likely N-dealkylation sites (N-methyl/N-ethyl adjacent to an activating group) is 1. The normalized spacial score (nSPS) is 21.1. The molecule has 1 aliphatic carbocycles. The molecular formula is C33H39N3O5S. The number of ether oxygens (including phenoxy) is 2. The van der Waals surface area contributed by atoms with Gasteiger partial charge in [-0.25, -0.2) is 4.98 Å². The SMILES string of the molecule is COc1ccc(-c2ccc(C)c(C(=O)NSC)n2)c(C)c1[C@H]1C2=C(CC(C)(C)CC2=O)OC2=C1C(=O)N(C)C(C)(C)C2. The highest BCUT2D eigenvalue weighted by Gasteiger charge is 2.50. The minimum Gasteiger partial charge on any atom is -0.496 e. The van der Waals surface area contributed by atoms with E-state index in [2.05, 4.69) is 18.6 Å². The Hall–Kier alpha value is -3.59. The molecule has 42 heavy (non-hydrogen) atoms. The highest BCUT2D eigenvalue weighted by Crippen LogP contribution is 2.54. The number of allylic oxidation sites excluding steroid dienone is 2. The molecule has 2 amide bonds. The Labute approximate surface area is 252 Å². The lowest BCUT2D eigenvalue weighted by molar-refractivity contribution is -0.133. The average molecular weight is 590 g/mol. The van der Waals surface area contributed by atoms with Crippen LogP contribution in [0.3, 0.4) is 0 Å². The van der Waals surface area contributed by atoms with Crippen molar-refractivity contribution < 1.29 is 23.9 Å². The predicted molar refractivity (Wildman–Crippen MR) is 164 cm³/mol. The Balaban J connectivity index is 1.77. The number of aryl methyl sites for hydroxylation is 1. The maximum absolute atomic E-state index is 14.1. The van der Waals surface area contributed by atoms with Gasteiger partial charge in [-0.15, -0.1) is 0 Å². The molecule has 0 radical (unpaired) electrons. The Kier molecular flexibility index (Phi) is 7.54. The maximum atomic E-state index is 14.1. The molecule has 1 aromatic heterocycles. The van der Waals surface area contributed by atoms with Crippen LogP contribution in [0.25, 0.3) is 11.3 Å². The Bertz CT molecular complexity index is 1590. The number of amides is 2. The van der Waals surface area contributed by atoms with Crippen molar-refractivity contribution in [2.24, 2.45) is 5.41 Å². The largest absolute Gasteiger partial charge is 0.496 e. The van der Waals surface area contributed by atoms with Crippen LogP contribution >= 0.6 is 11.9 Å². The maximum Gasteiger partial charge on any atom is 0.279 e. The van der Waals surface area contributed by atoms with Gasteiger partial charge in [-0.05, 0) is 62.4 Å². The van der Waals surface area contributed by atoms with Crippen molar-refractivity contribution >= 4 is 29.5 Å². The second-order valence-corrected chi connectivity index (χ2v) is 13.5. The molecular weight excluding hydrogens is 550 g/mol. The van der Waals surface area contributed by atoms with Gasteiger partial charge in [-0.3, -0.25) is 19.1 Å². The number of methoxy groups -OCH3 is 1. The van der Waals surface area contributed by atoms with E-state index < -0.39 is 11.5 Å². The number of benzene rings is 1. The minimum atomic E-state index is -0.655. The van der Waals surface area contributed by atoms with Crippen molar-refractivity contribution in [3.05, 3.63) is 69.3 Å². The lowest BCUT2D eigenvalue weighted by Gasteiger charge is -2.47. The first kappa shape index (κ1) is 29.9. The second kappa shape index (κ2) is 10.6. The number of nitrogens with one attached hydrogen (secondary N) is 1. The molecule has 0 unspecified atom stereocenters. The average Bonchev–Trinajstić information content (AvgIpc) is 2.90. The van der Waals surface area contributed by atoms with Crippen molar-refractivity contribution in [2.75, 3.05) is 20.4 Å². The van der Waals surface area contributed by atoms with E-state index in [1.54, 1.807) is 25.3 Å². The summed E-state index contributed by atoms with van der Waals surface area (Å²) in [6.45, 7) is 12.0. The third-order valence-electron chi connectivity index (χ3n) is 8.81. The third-order valence-corrected chi connectivity index (χ3v) is 9.20. The van der Waals surface area contributed by atoms with Crippen molar-refractivity contribution in [1.82, 2.24) is 14.6 Å². The lowest BCUT2D eigenvalue weighted by atomic mass is 9.67. The van der Waals surface area contributed by atoms with Gasteiger partial charge in [0.1, 0.15) is 23.0 Å². The Morgan fingerprint density at radius 3 is 2.40 bits per heavy atom. The molecule has 0 fully saturated rings. The molecule has 222 valence electrons. The van der Waals surface area contributed by atoms with Crippen LogP contribution in [0.2, 0.25) is 0 Å². The van der Waals surface area contributed by atoms with Gasteiger partial charge in [0.2, 0.25) is 0 Å². The van der Waals surface area contributed by atoms with Crippen molar-refractivity contribution in [3.63, 3.8) is 0 Å². The summed E-state index contributed by atoms with van der Waals surface area (Å²) in [4.78, 5) is 47.3. The van der Waals surface area contributed by atoms with E-state index in [0.29, 0.717) is 59.1 Å². The van der Waals surface area contributed by atoms with E-state index in [-0.39, 0.29) is 23.0 Å². The number of rotatable bonds is 5. The smallest absolute Gasteiger partial charge is 0.279 e. The summed E-state index contributed by atoms with van der Waals surface area (Å²) in [5.41, 5.74) is 4.39. The number of hydrogen-bond donors (Lipinski definition) is 1. The van der Waals surface area contributed by atoms with Crippen molar-refractivity contribution in [1.29, 1.82) is 0 Å². The van der Waals surface area contributed by atoms with E-state index >= 15 is 0 Å². The topological polar surface area (TPSA) is 97.8 Å². The van der Waals surface area contributed by atoms with Gasteiger partial charge >= 0.3 is 0 Å². The number of carbonyl (C=O) groups is 3. The first-order chi connectivity index (χ1) is 19.7. The molecule has 2 aliphatic heterocycles. The number of aromatic nitrogens is 1. The van der Waals surface area contributed by atoms with E-state index in [0.717, 1.165) is 22.3 Å². The second-order valence-electron chi connectivity index (χ2n) is 12.9. The van der Waals surface area contributed by atoms with Gasteiger partial charge < -0.3 is 14.4 Å². The zero-order valence-corrected chi connectivity index (χ0v) is 26.7. The highest BCUT2D eigenvalue weighted by atomic mass is 32.2. The summed E-state index contributed by atoms with van der Waals surface area (Å²) in [5.74, 6) is 0.737. The van der Waals surface area contributed by atoms with Gasteiger partial charge in [0.15, 0.2) is 5.78 Å². The van der Waals surface area contributed by atoms with Gasteiger partial charge in [0, 0.05) is 54.8 Å². The van der Waals surface area contributed by atoms with Crippen LogP contribution in [0.4, 0.5) is 0 Å². The highest BCUT2D eigenvalue weighted by molar-refractivity contribution is 7.97. The molecule has 9 heteroatoms. The lowest BCUT2D eigenvalue weighted by Crippen LogP contribution is -2.51. The summed E-state index contributed by atoms with van der Waals surface area (Å²) in [5, 5.41) is 0. The number of ketones is 1. The van der Waals surface area contributed by atoms with Crippen LogP contribution in [0.15, 0.2) is 46.9 Å². The fourth-order valence-electron chi connectivity index (χ4n) is 6.40. The molecule has 1 atom stereocenters. The monoisotopic (exact) mass is 589 g/mol. The fraction of sp³-hybridized carbons (Fsp3) is 0.455. The third kappa shape index (κ3) is 4.91. The van der Waals surface area contributed by atoms with Gasteiger partial charge in [0.05, 0.1) is 24.3 Å². The van der Waals surface area contributed by atoms with E-state index in [1.807, 2.05) is 52.0 Å². The number of hydrogen-bond acceptors (Lipinski definition) is 7. The molecule has 2 aromatic rings. The van der Waals surface area contributed by atoms with E-state index in [1.165, 1.54) is 11.9 Å². The summed E-state index contributed by atoms with van der Waals surface area (Å²) >= 11 is 1.22. The zero-order chi connectivity index (χ0) is 30.7. The van der Waals surface area contributed by atoms with Crippen LogP contribution in [0.1, 0.15) is 80.1 Å². The molecule has 1 aromatic carbocycles. The molecule has 3 heterocycles. The number of nitrogens with zero attached hydrogens (tertiary/aromatic N) is 2. The van der Waals surface area contributed by atoms with Crippen LogP contribution < -0.4 is 9.46 Å². The molecule has 5 rings (SSSR count). The van der Waals surface area contributed by atoms with Crippen LogP contribution in [-0.2, 0) is 14.3 Å². The summed E-state index contributed by atoms with van der Waals surface area (Å²) in [6, 6.07) is 7.54.